The number of halogens is 1. The van der Waals surface area contributed by atoms with Gasteiger partial charge in [0.25, 0.3) is 0 Å². The van der Waals surface area contributed by atoms with Crippen LogP contribution in [0.25, 0.3) is 11.3 Å². The Labute approximate surface area is 108 Å². The number of rotatable bonds is 3. The predicted molar refractivity (Wildman–Crippen MR) is 68.3 cm³/mol. The van der Waals surface area contributed by atoms with Crippen molar-refractivity contribution in [3.05, 3.63) is 34.9 Å². The summed E-state index contributed by atoms with van der Waals surface area (Å²) in [4.78, 5) is 8.25. The van der Waals surface area contributed by atoms with Crippen LogP contribution in [0, 0.1) is 0 Å². The molecular weight excluding hydrogens is 284 g/mol. The highest BCUT2D eigenvalue weighted by Gasteiger charge is 2.09. The summed E-state index contributed by atoms with van der Waals surface area (Å²) in [5.74, 6) is 0.758. The number of hydrogen-bond donors (Lipinski definition) is 0. The van der Waals surface area contributed by atoms with Crippen LogP contribution in [0.1, 0.15) is 0 Å². The van der Waals surface area contributed by atoms with Gasteiger partial charge in [0.15, 0.2) is 0 Å². The minimum Gasteiger partial charge on any atom is -0.496 e. The second-order valence-electron chi connectivity index (χ2n) is 3.27. The predicted octanol–water partition coefficient (Wildman–Crippen LogP) is 2.92. The highest BCUT2D eigenvalue weighted by Crippen LogP contribution is 2.31. The van der Waals surface area contributed by atoms with Crippen molar-refractivity contribution in [1.29, 1.82) is 0 Å². The average molecular weight is 295 g/mol. The molecule has 1 aromatic carbocycles. The molecule has 0 saturated heterocycles. The zero-order chi connectivity index (χ0) is 12.3. The summed E-state index contributed by atoms with van der Waals surface area (Å²) < 4.78 is 11.3. The minimum atomic E-state index is 0.338. The summed E-state index contributed by atoms with van der Waals surface area (Å²) in [5.41, 5.74) is 1.65. The Balaban J connectivity index is 2.54. The lowest BCUT2D eigenvalue weighted by atomic mass is 10.1. The van der Waals surface area contributed by atoms with E-state index in [0.717, 1.165) is 21.5 Å². The van der Waals surface area contributed by atoms with E-state index >= 15 is 0 Å². The van der Waals surface area contributed by atoms with E-state index in [4.69, 9.17) is 9.47 Å². The third-order valence-corrected chi connectivity index (χ3v) is 2.75. The Morgan fingerprint density at radius 2 is 1.94 bits per heavy atom. The van der Waals surface area contributed by atoms with Crippen LogP contribution in [-0.4, -0.2) is 24.2 Å². The van der Waals surface area contributed by atoms with E-state index < -0.39 is 0 Å². The molecule has 0 aliphatic carbocycles. The number of methoxy groups -OCH3 is 2. The van der Waals surface area contributed by atoms with Gasteiger partial charge in [0.1, 0.15) is 5.75 Å². The van der Waals surface area contributed by atoms with Crippen LogP contribution >= 0.6 is 15.9 Å². The molecule has 4 nitrogen and oxygen atoms in total. The number of nitrogens with zero attached hydrogens (tertiary/aromatic N) is 2. The van der Waals surface area contributed by atoms with Crippen LogP contribution in [0.5, 0.6) is 11.8 Å². The Kier molecular flexibility index (Phi) is 3.58. The second-order valence-corrected chi connectivity index (χ2v) is 4.19. The molecule has 2 aromatic rings. The smallest absolute Gasteiger partial charge is 0.316 e. The maximum atomic E-state index is 5.31. The van der Waals surface area contributed by atoms with E-state index in [1.54, 1.807) is 13.3 Å². The number of benzene rings is 1. The van der Waals surface area contributed by atoms with E-state index in [1.165, 1.54) is 7.11 Å². The molecular formula is C12H11BrN2O2. The van der Waals surface area contributed by atoms with Gasteiger partial charge < -0.3 is 9.47 Å². The van der Waals surface area contributed by atoms with Gasteiger partial charge in [0.2, 0.25) is 0 Å². The van der Waals surface area contributed by atoms with Gasteiger partial charge in [-0.15, -0.1) is 0 Å². The largest absolute Gasteiger partial charge is 0.496 e. The van der Waals surface area contributed by atoms with Crippen LogP contribution in [0.2, 0.25) is 0 Å². The Bertz CT molecular complexity index is 532. The molecule has 0 aliphatic heterocycles. The molecule has 0 spiro atoms. The van der Waals surface area contributed by atoms with Gasteiger partial charge in [-0.1, -0.05) is 15.9 Å². The third-order valence-electron chi connectivity index (χ3n) is 2.25. The standard InChI is InChI=1S/C12H11BrN2O2/c1-16-11-4-3-8(13)7-9(11)10-5-6-14-12(15-10)17-2/h3-7H,1-2H3. The first-order chi connectivity index (χ1) is 8.24. The molecule has 0 saturated carbocycles. The summed E-state index contributed by atoms with van der Waals surface area (Å²) in [7, 11) is 3.17. The van der Waals surface area contributed by atoms with Gasteiger partial charge in [0, 0.05) is 16.2 Å². The molecule has 0 bridgehead atoms. The Morgan fingerprint density at radius 3 is 2.65 bits per heavy atom. The SMILES string of the molecule is COc1nccc(-c2cc(Br)ccc2OC)n1. The van der Waals surface area contributed by atoms with Crippen molar-refractivity contribution in [3.8, 4) is 23.0 Å². The lowest BCUT2D eigenvalue weighted by Gasteiger charge is -2.08. The lowest BCUT2D eigenvalue weighted by molar-refractivity contribution is 0.380. The molecule has 0 amide bonds. The molecule has 0 radical (unpaired) electrons. The molecule has 88 valence electrons. The van der Waals surface area contributed by atoms with Crippen LogP contribution < -0.4 is 9.47 Å². The van der Waals surface area contributed by atoms with Crippen LogP contribution in [0.3, 0.4) is 0 Å². The maximum absolute atomic E-state index is 5.31. The minimum absolute atomic E-state index is 0.338. The van der Waals surface area contributed by atoms with E-state index in [2.05, 4.69) is 25.9 Å². The van der Waals surface area contributed by atoms with E-state index in [9.17, 15) is 0 Å². The van der Waals surface area contributed by atoms with Crippen molar-refractivity contribution in [3.63, 3.8) is 0 Å². The first kappa shape index (κ1) is 11.9. The van der Waals surface area contributed by atoms with Crippen molar-refractivity contribution in [2.24, 2.45) is 0 Å². The zero-order valence-corrected chi connectivity index (χ0v) is 11.1. The van der Waals surface area contributed by atoms with E-state index in [0.29, 0.717) is 6.01 Å². The van der Waals surface area contributed by atoms with Gasteiger partial charge in [-0.25, -0.2) is 4.98 Å². The molecule has 2 rings (SSSR count). The summed E-state index contributed by atoms with van der Waals surface area (Å²) in [5, 5.41) is 0. The van der Waals surface area contributed by atoms with Crippen molar-refractivity contribution in [2.75, 3.05) is 14.2 Å². The summed E-state index contributed by atoms with van der Waals surface area (Å²) in [6.07, 6.45) is 1.65. The summed E-state index contributed by atoms with van der Waals surface area (Å²) >= 11 is 3.43. The topological polar surface area (TPSA) is 44.2 Å². The fourth-order valence-electron chi connectivity index (χ4n) is 1.47. The molecule has 0 N–H and O–H groups in total. The quantitative estimate of drug-likeness (QED) is 0.873. The van der Waals surface area contributed by atoms with Crippen molar-refractivity contribution in [1.82, 2.24) is 9.97 Å². The van der Waals surface area contributed by atoms with Crippen LogP contribution in [-0.2, 0) is 0 Å². The first-order valence-electron chi connectivity index (χ1n) is 4.95. The first-order valence-corrected chi connectivity index (χ1v) is 5.75. The Morgan fingerprint density at radius 1 is 1.12 bits per heavy atom. The van der Waals surface area contributed by atoms with E-state index in [-0.39, 0.29) is 0 Å². The molecule has 17 heavy (non-hydrogen) atoms. The molecule has 1 aromatic heterocycles. The van der Waals surface area contributed by atoms with Crippen molar-refractivity contribution < 1.29 is 9.47 Å². The van der Waals surface area contributed by atoms with Gasteiger partial charge >= 0.3 is 6.01 Å². The highest BCUT2D eigenvalue weighted by molar-refractivity contribution is 9.10. The van der Waals surface area contributed by atoms with Gasteiger partial charge in [-0.05, 0) is 24.3 Å². The van der Waals surface area contributed by atoms with Crippen molar-refractivity contribution >= 4 is 15.9 Å². The molecule has 0 fully saturated rings. The fraction of sp³-hybridized carbons (Fsp3) is 0.167. The van der Waals surface area contributed by atoms with Crippen LogP contribution in [0.15, 0.2) is 34.9 Å². The molecule has 1 heterocycles. The number of ether oxygens (including phenoxy) is 2. The molecule has 0 aliphatic rings. The lowest BCUT2D eigenvalue weighted by Crippen LogP contribution is -1.95. The highest BCUT2D eigenvalue weighted by atomic mass is 79.9. The maximum Gasteiger partial charge on any atom is 0.316 e. The fourth-order valence-corrected chi connectivity index (χ4v) is 1.83. The number of hydrogen-bond acceptors (Lipinski definition) is 4. The van der Waals surface area contributed by atoms with E-state index in [1.807, 2.05) is 24.3 Å². The second kappa shape index (κ2) is 5.14. The average Bonchev–Trinajstić information content (AvgIpc) is 2.39. The monoisotopic (exact) mass is 294 g/mol. The zero-order valence-electron chi connectivity index (χ0n) is 9.48. The molecule has 5 heteroatoms. The third kappa shape index (κ3) is 2.55. The Hall–Kier alpha value is -1.62. The summed E-state index contributed by atoms with van der Waals surface area (Å²) in [6.45, 7) is 0. The van der Waals surface area contributed by atoms with Gasteiger partial charge in [-0.2, -0.15) is 4.98 Å². The molecule has 0 unspecified atom stereocenters. The van der Waals surface area contributed by atoms with Crippen LogP contribution in [0.4, 0.5) is 0 Å². The normalized spacial score (nSPS) is 10.1. The van der Waals surface area contributed by atoms with Gasteiger partial charge in [0.05, 0.1) is 19.9 Å². The van der Waals surface area contributed by atoms with Gasteiger partial charge in [-0.3, -0.25) is 0 Å². The molecule has 0 atom stereocenters. The van der Waals surface area contributed by atoms with Crippen molar-refractivity contribution in [2.45, 2.75) is 0 Å². The summed E-state index contributed by atoms with van der Waals surface area (Å²) in [6, 6.07) is 7.90. The number of aromatic nitrogens is 2.